The van der Waals surface area contributed by atoms with Gasteiger partial charge in [0.1, 0.15) is 0 Å². The second kappa shape index (κ2) is 9.77. The Balaban J connectivity index is 1.38. The van der Waals surface area contributed by atoms with Gasteiger partial charge in [0.25, 0.3) is 5.69 Å². The zero-order chi connectivity index (χ0) is 22.8. The van der Waals surface area contributed by atoms with E-state index in [0.717, 1.165) is 82.0 Å². The zero-order valence-corrected chi connectivity index (χ0v) is 19.4. The molecule has 2 atom stereocenters. The Labute approximate surface area is 194 Å². The second-order valence-corrected chi connectivity index (χ2v) is 9.75. The van der Waals surface area contributed by atoms with Gasteiger partial charge in [-0.25, -0.2) is 0 Å². The molecule has 9 nitrogen and oxygen atoms in total. The highest BCUT2D eigenvalue weighted by molar-refractivity contribution is 5.61. The van der Waals surface area contributed by atoms with E-state index in [1.807, 2.05) is 6.07 Å². The molecule has 1 aliphatic carbocycles. The van der Waals surface area contributed by atoms with Crippen molar-refractivity contribution in [1.82, 2.24) is 19.7 Å². The maximum atomic E-state index is 11.3. The minimum atomic E-state index is -0.353. The second-order valence-electron chi connectivity index (χ2n) is 9.75. The molecular weight excluding hydrogens is 420 g/mol. The van der Waals surface area contributed by atoms with E-state index in [9.17, 15) is 10.1 Å². The molecule has 0 N–H and O–H groups in total. The number of anilines is 1. The average molecular weight is 455 g/mol. The van der Waals surface area contributed by atoms with Gasteiger partial charge in [-0.15, -0.1) is 10.2 Å². The van der Waals surface area contributed by atoms with Gasteiger partial charge < -0.3 is 9.64 Å². The van der Waals surface area contributed by atoms with E-state index in [2.05, 4.69) is 31.5 Å². The summed E-state index contributed by atoms with van der Waals surface area (Å²) in [5.41, 5.74) is 0.826. The normalized spacial score (nSPS) is 24.6. The van der Waals surface area contributed by atoms with Crippen LogP contribution in [0.1, 0.15) is 45.4 Å². The molecule has 1 aromatic heterocycles. The van der Waals surface area contributed by atoms with Crippen molar-refractivity contribution in [2.75, 3.05) is 37.7 Å². The number of hydrogen-bond donors (Lipinski definition) is 0. The lowest BCUT2D eigenvalue weighted by Crippen LogP contribution is -2.52. The minimum Gasteiger partial charge on any atom is -0.378 e. The standard InChI is InChI=1S/C24H34N6O3/c1-18-16-19(9-15-33-18)8-10-29-23(20-4-2-7-22(17-20)30(31)32)25-26-24(29)28-13-11-27(12-14-28)21-5-3-6-21/h2,4,7,17-19,21H,3,5-6,8-16H2,1H3. The molecule has 1 aromatic carbocycles. The van der Waals surface area contributed by atoms with Gasteiger partial charge in [-0.1, -0.05) is 18.6 Å². The summed E-state index contributed by atoms with van der Waals surface area (Å²) in [4.78, 5) is 15.9. The number of ether oxygens (including phenoxy) is 1. The number of nitro groups is 1. The molecule has 9 heteroatoms. The first-order valence-electron chi connectivity index (χ1n) is 12.4. The van der Waals surface area contributed by atoms with Crippen molar-refractivity contribution in [2.45, 2.75) is 64.1 Å². The minimum absolute atomic E-state index is 0.0796. The third kappa shape index (κ3) is 4.89. The van der Waals surface area contributed by atoms with Gasteiger partial charge in [0.05, 0.1) is 11.0 Å². The van der Waals surface area contributed by atoms with Crippen LogP contribution in [-0.4, -0.2) is 69.5 Å². The molecule has 0 amide bonds. The molecular formula is C24H34N6O3. The molecule has 2 saturated heterocycles. The number of piperazine rings is 1. The summed E-state index contributed by atoms with van der Waals surface area (Å²) in [5, 5.41) is 20.5. The van der Waals surface area contributed by atoms with Crippen molar-refractivity contribution in [3.63, 3.8) is 0 Å². The number of nitrogens with zero attached hydrogens (tertiary/aromatic N) is 6. The largest absolute Gasteiger partial charge is 0.378 e. The summed E-state index contributed by atoms with van der Waals surface area (Å²) in [7, 11) is 0. The lowest BCUT2D eigenvalue weighted by molar-refractivity contribution is -0.384. The molecule has 5 rings (SSSR count). The fourth-order valence-electron chi connectivity index (χ4n) is 5.41. The maximum absolute atomic E-state index is 11.3. The fraction of sp³-hybridized carbons (Fsp3) is 0.667. The van der Waals surface area contributed by atoms with Gasteiger partial charge in [0, 0.05) is 63.1 Å². The fourth-order valence-corrected chi connectivity index (χ4v) is 5.41. The van der Waals surface area contributed by atoms with Crippen LogP contribution in [0.2, 0.25) is 0 Å². The van der Waals surface area contributed by atoms with Gasteiger partial charge in [-0.2, -0.15) is 0 Å². The molecule has 33 heavy (non-hydrogen) atoms. The van der Waals surface area contributed by atoms with Crippen LogP contribution in [-0.2, 0) is 11.3 Å². The zero-order valence-electron chi connectivity index (χ0n) is 19.4. The van der Waals surface area contributed by atoms with Crippen LogP contribution in [0.25, 0.3) is 11.4 Å². The lowest BCUT2D eigenvalue weighted by Gasteiger charge is -2.43. The Bertz CT molecular complexity index is 967. The summed E-state index contributed by atoms with van der Waals surface area (Å²) >= 11 is 0. The molecule has 0 radical (unpaired) electrons. The van der Waals surface area contributed by atoms with Crippen LogP contribution < -0.4 is 4.90 Å². The monoisotopic (exact) mass is 454 g/mol. The Kier molecular flexibility index (Phi) is 6.59. The molecule has 2 aliphatic heterocycles. The van der Waals surface area contributed by atoms with Crippen molar-refractivity contribution in [2.24, 2.45) is 5.92 Å². The molecule has 3 heterocycles. The SMILES string of the molecule is CC1CC(CCn2c(-c3cccc([N+](=O)[O-])c3)nnc2N2CCN(C3CCC3)CC2)CCO1. The smallest absolute Gasteiger partial charge is 0.270 e. The van der Waals surface area contributed by atoms with E-state index in [0.29, 0.717) is 12.0 Å². The highest BCUT2D eigenvalue weighted by atomic mass is 16.6. The van der Waals surface area contributed by atoms with Gasteiger partial charge >= 0.3 is 0 Å². The number of nitro benzene ring substituents is 1. The topological polar surface area (TPSA) is 89.6 Å². The predicted molar refractivity (Wildman–Crippen MR) is 126 cm³/mol. The van der Waals surface area contributed by atoms with E-state index in [1.54, 1.807) is 12.1 Å². The van der Waals surface area contributed by atoms with Crippen LogP contribution >= 0.6 is 0 Å². The molecule has 0 bridgehead atoms. The van der Waals surface area contributed by atoms with Gasteiger partial charge in [-0.05, 0) is 44.9 Å². The van der Waals surface area contributed by atoms with Gasteiger partial charge in [0.15, 0.2) is 5.82 Å². The Morgan fingerprint density at radius 3 is 2.67 bits per heavy atom. The average Bonchev–Trinajstić information content (AvgIpc) is 3.21. The van der Waals surface area contributed by atoms with Crippen molar-refractivity contribution >= 4 is 11.6 Å². The van der Waals surface area contributed by atoms with Crippen LogP contribution in [0.3, 0.4) is 0 Å². The highest BCUT2D eigenvalue weighted by Gasteiger charge is 2.30. The van der Waals surface area contributed by atoms with Crippen molar-refractivity contribution < 1.29 is 9.66 Å². The Morgan fingerprint density at radius 2 is 1.97 bits per heavy atom. The van der Waals surface area contributed by atoms with E-state index in [4.69, 9.17) is 4.74 Å². The van der Waals surface area contributed by atoms with Crippen molar-refractivity contribution in [3.05, 3.63) is 34.4 Å². The quantitative estimate of drug-likeness (QED) is 0.465. The molecule has 0 spiro atoms. The van der Waals surface area contributed by atoms with Crippen LogP contribution in [0, 0.1) is 16.0 Å². The van der Waals surface area contributed by atoms with Crippen LogP contribution in [0.15, 0.2) is 24.3 Å². The first kappa shape index (κ1) is 22.3. The number of non-ortho nitro benzene ring substituents is 1. The number of benzene rings is 1. The summed E-state index contributed by atoms with van der Waals surface area (Å²) in [6.07, 6.45) is 7.50. The summed E-state index contributed by atoms with van der Waals surface area (Å²) < 4.78 is 7.92. The summed E-state index contributed by atoms with van der Waals surface area (Å²) in [5.74, 6) is 2.22. The molecule has 178 valence electrons. The third-order valence-corrected chi connectivity index (χ3v) is 7.59. The number of rotatable bonds is 7. The molecule has 3 aliphatic rings. The first-order chi connectivity index (χ1) is 16.1. The lowest BCUT2D eigenvalue weighted by atomic mass is 9.91. The number of aromatic nitrogens is 3. The Morgan fingerprint density at radius 1 is 1.15 bits per heavy atom. The summed E-state index contributed by atoms with van der Waals surface area (Å²) in [6.45, 7) is 7.77. The Hall–Kier alpha value is -2.52. The third-order valence-electron chi connectivity index (χ3n) is 7.59. The predicted octanol–water partition coefficient (Wildman–Crippen LogP) is 3.73. The number of hydrogen-bond acceptors (Lipinski definition) is 7. The van der Waals surface area contributed by atoms with Crippen molar-refractivity contribution in [1.29, 1.82) is 0 Å². The molecule has 2 unspecified atom stereocenters. The van der Waals surface area contributed by atoms with E-state index < -0.39 is 0 Å². The highest BCUT2D eigenvalue weighted by Crippen LogP contribution is 2.31. The molecule has 3 fully saturated rings. The van der Waals surface area contributed by atoms with E-state index in [1.165, 1.54) is 25.3 Å². The molecule has 2 aromatic rings. The summed E-state index contributed by atoms with van der Waals surface area (Å²) in [6, 6.07) is 7.51. The van der Waals surface area contributed by atoms with Gasteiger partial charge in [0.2, 0.25) is 5.95 Å². The van der Waals surface area contributed by atoms with Crippen LogP contribution in [0.4, 0.5) is 11.6 Å². The van der Waals surface area contributed by atoms with Crippen LogP contribution in [0.5, 0.6) is 0 Å². The molecule has 1 saturated carbocycles. The van der Waals surface area contributed by atoms with E-state index >= 15 is 0 Å². The van der Waals surface area contributed by atoms with E-state index in [-0.39, 0.29) is 10.6 Å². The van der Waals surface area contributed by atoms with Crippen molar-refractivity contribution in [3.8, 4) is 11.4 Å². The first-order valence-corrected chi connectivity index (χ1v) is 12.4. The maximum Gasteiger partial charge on any atom is 0.270 e. The van der Waals surface area contributed by atoms with Gasteiger partial charge in [-0.3, -0.25) is 19.6 Å².